The molecule has 0 saturated carbocycles. The van der Waals surface area contributed by atoms with E-state index in [2.05, 4.69) is 0 Å². The number of pyridine rings is 1. The van der Waals surface area contributed by atoms with Crippen LogP contribution in [0.1, 0.15) is 47.3 Å². The number of aliphatic hydroxyl groups is 1. The summed E-state index contributed by atoms with van der Waals surface area (Å²) in [5, 5.41) is 9.71. The minimum Gasteiger partial charge on any atom is -0.472 e. The van der Waals surface area contributed by atoms with Crippen molar-refractivity contribution < 1.29 is 19.1 Å². The average molecular weight is 411 g/mol. The minimum absolute atomic E-state index is 0.00441. The molecule has 8 nitrogen and oxygen atoms in total. The number of nitrogens with zero attached hydrogens (tertiary/aromatic N) is 3. The van der Waals surface area contributed by atoms with Crippen molar-refractivity contribution in [3.63, 3.8) is 0 Å². The van der Waals surface area contributed by atoms with Crippen molar-refractivity contribution in [1.29, 1.82) is 0 Å². The van der Waals surface area contributed by atoms with Crippen LogP contribution in [0.2, 0.25) is 0 Å². The molecule has 0 unspecified atom stereocenters. The Morgan fingerprint density at radius 3 is 2.83 bits per heavy atom. The number of hydrogen-bond donors (Lipinski definition) is 1. The highest BCUT2D eigenvalue weighted by molar-refractivity contribution is 5.94. The number of amides is 2. The Morgan fingerprint density at radius 2 is 2.07 bits per heavy atom. The van der Waals surface area contributed by atoms with E-state index >= 15 is 0 Å². The third-order valence-corrected chi connectivity index (χ3v) is 6.83. The van der Waals surface area contributed by atoms with E-state index in [0.717, 1.165) is 25.0 Å². The van der Waals surface area contributed by atoms with Gasteiger partial charge in [0, 0.05) is 43.2 Å². The predicted molar refractivity (Wildman–Crippen MR) is 107 cm³/mol. The number of rotatable bonds is 3. The van der Waals surface area contributed by atoms with Gasteiger partial charge in [-0.1, -0.05) is 6.07 Å². The number of fused-ring (bicyclic) bond motifs is 4. The molecule has 5 rings (SSSR count). The molecule has 3 aliphatic rings. The van der Waals surface area contributed by atoms with E-state index in [0.29, 0.717) is 25.2 Å². The molecule has 2 saturated heterocycles. The number of carbonyl (C=O) groups excluding carboxylic acids is 2. The second-order valence-electron chi connectivity index (χ2n) is 8.53. The van der Waals surface area contributed by atoms with Gasteiger partial charge in [0.2, 0.25) is 5.91 Å². The van der Waals surface area contributed by atoms with Gasteiger partial charge in [0.05, 0.1) is 24.5 Å². The summed E-state index contributed by atoms with van der Waals surface area (Å²) in [6.07, 6.45) is 5.28. The Balaban J connectivity index is 1.53. The molecule has 8 heteroatoms. The molecule has 4 atom stereocenters. The quantitative estimate of drug-likeness (QED) is 0.820. The lowest BCUT2D eigenvalue weighted by Crippen LogP contribution is -2.55. The van der Waals surface area contributed by atoms with Gasteiger partial charge in [-0.15, -0.1) is 0 Å². The standard InChI is InChI=1S/C22H25N3O5/c26-12-17-3-2-7-24(17)22(29)20-16-9-15(18-4-1-5-19(27)25(18)20)10-23(11-16)21(28)14-6-8-30-13-14/h1,4-6,8,13,15-17,20,26H,2-3,7,9-12H2/t15-,16+,17+,20-/m1/s1. The zero-order valence-electron chi connectivity index (χ0n) is 16.6. The van der Waals surface area contributed by atoms with E-state index in [4.69, 9.17) is 4.42 Å². The van der Waals surface area contributed by atoms with E-state index in [-0.39, 0.29) is 41.9 Å². The summed E-state index contributed by atoms with van der Waals surface area (Å²) in [6, 6.07) is 5.89. The van der Waals surface area contributed by atoms with Gasteiger partial charge >= 0.3 is 0 Å². The van der Waals surface area contributed by atoms with Crippen molar-refractivity contribution in [3.8, 4) is 0 Å². The van der Waals surface area contributed by atoms with Crippen LogP contribution in [0.5, 0.6) is 0 Å². The fourth-order valence-electron chi connectivity index (χ4n) is 5.47. The second kappa shape index (κ2) is 7.43. The molecule has 2 bridgehead atoms. The van der Waals surface area contributed by atoms with Gasteiger partial charge < -0.3 is 19.3 Å². The van der Waals surface area contributed by atoms with Crippen molar-refractivity contribution in [2.45, 2.75) is 37.3 Å². The van der Waals surface area contributed by atoms with E-state index in [1.165, 1.54) is 18.6 Å². The van der Waals surface area contributed by atoms with Crippen molar-refractivity contribution in [2.75, 3.05) is 26.2 Å². The Hall–Kier alpha value is -2.87. The maximum absolute atomic E-state index is 13.6. The molecule has 1 N–H and O–H groups in total. The molecule has 30 heavy (non-hydrogen) atoms. The minimum atomic E-state index is -0.656. The summed E-state index contributed by atoms with van der Waals surface area (Å²) >= 11 is 0. The lowest BCUT2D eigenvalue weighted by Gasteiger charge is -2.47. The van der Waals surface area contributed by atoms with Crippen LogP contribution < -0.4 is 5.56 Å². The molecule has 0 aliphatic carbocycles. The van der Waals surface area contributed by atoms with Crippen molar-refractivity contribution >= 4 is 11.8 Å². The Bertz CT molecular complexity index is 1010. The first-order chi connectivity index (χ1) is 14.6. The lowest BCUT2D eigenvalue weighted by atomic mass is 9.77. The van der Waals surface area contributed by atoms with Crippen LogP contribution in [0.25, 0.3) is 0 Å². The monoisotopic (exact) mass is 411 g/mol. The summed E-state index contributed by atoms with van der Waals surface area (Å²) in [6.45, 7) is 1.43. The van der Waals surface area contributed by atoms with Crippen LogP contribution >= 0.6 is 0 Å². The van der Waals surface area contributed by atoms with Crippen molar-refractivity contribution in [3.05, 3.63) is 58.4 Å². The summed E-state index contributed by atoms with van der Waals surface area (Å²) in [5.74, 6) is -0.391. The lowest BCUT2D eigenvalue weighted by molar-refractivity contribution is -0.139. The predicted octanol–water partition coefficient (Wildman–Crippen LogP) is 1.23. The number of furan rings is 1. The summed E-state index contributed by atoms with van der Waals surface area (Å²) in [7, 11) is 0. The molecular weight excluding hydrogens is 386 g/mol. The highest BCUT2D eigenvalue weighted by Gasteiger charge is 2.47. The number of carbonyl (C=O) groups is 2. The first-order valence-corrected chi connectivity index (χ1v) is 10.5. The molecule has 2 aromatic heterocycles. The molecule has 0 spiro atoms. The van der Waals surface area contributed by atoms with Crippen molar-refractivity contribution in [2.24, 2.45) is 5.92 Å². The number of aliphatic hydroxyl groups excluding tert-OH is 1. The van der Waals surface area contributed by atoms with Gasteiger partial charge in [-0.3, -0.25) is 19.0 Å². The Labute approximate surface area is 173 Å². The molecule has 5 heterocycles. The number of hydrogen-bond acceptors (Lipinski definition) is 5. The third-order valence-electron chi connectivity index (χ3n) is 6.83. The Morgan fingerprint density at radius 1 is 1.20 bits per heavy atom. The first-order valence-electron chi connectivity index (χ1n) is 10.5. The molecule has 158 valence electrons. The molecule has 2 fully saturated rings. The van der Waals surface area contributed by atoms with Crippen LogP contribution in [0.4, 0.5) is 0 Å². The van der Waals surface area contributed by atoms with Crippen molar-refractivity contribution in [1.82, 2.24) is 14.4 Å². The summed E-state index contributed by atoms with van der Waals surface area (Å²) in [4.78, 5) is 42.9. The maximum Gasteiger partial charge on any atom is 0.257 e. The smallest absolute Gasteiger partial charge is 0.257 e. The second-order valence-corrected chi connectivity index (χ2v) is 8.53. The van der Waals surface area contributed by atoms with E-state index in [1.807, 2.05) is 6.07 Å². The van der Waals surface area contributed by atoms with Gasteiger partial charge in [-0.05, 0) is 31.4 Å². The fraction of sp³-hybridized carbons (Fsp3) is 0.500. The normalized spacial score (nSPS) is 27.8. The number of aromatic nitrogens is 1. The zero-order chi connectivity index (χ0) is 20.8. The van der Waals surface area contributed by atoms with Crippen LogP contribution in [0, 0.1) is 5.92 Å². The molecular formula is C22H25N3O5. The molecule has 0 radical (unpaired) electrons. The topological polar surface area (TPSA) is 96.0 Å². The highest BCUT2D eigenvalue weighted by atomic mass is 16.3. The zero-order valence-corrected chi connectivity index (χ0v) is 16.6. The first kappa shape index (κ1) is 19.1. The van der Waals surface area contributed by atoms with Crippen LogP contribution in [0.15, 0.2) is 46.0 Å². The summed E-state index contributed by atoms with van der Waals surface area (Å²) in [5.41, 5.74) is 1.11. The highest BCUT2D eigenvalue weighted by Crippen LogP contribution is 2.42. The number of piperidine rings is 1. The third kappa shape index (κ3) is 2.98. The largest absolute Gasteiger partial charge is 0.472 e. The summed E-state index contributed by atoms with van der Waals surface area (Å²) < 4.78 is 6.71. The van der Waals surface area contributed by atoms with E-state index in [1.54, 1.807) is 26.5 Å². The molecule has 2 aromatic rings. The van der Waals surface area contributed by atoms with Gasteiger partial charge in [0.1, 0.15) is 12.3 Å². The Kier molecular flexibility index (Phi) is 4.73. The van der Waals surface area contributed by atoms with Gasteiger partial charge in [-0.25, -0.2) is 0 Å². The maximum atomic E-state index is 13.6. The molecule has 3 aliphatic heterocycles. The van der Waals surface area contributed by atoms with E-state index in [9.17, 15) is 19.5 Å². The van der Waals surface area contributed by atoms with Crippen LogP contribution in [-0.2, 0) is 4.79 Å². The van der Waals surface area contributed by atoms with E-state index < -0.39 is 6.04 Å². The van der Waals surface area contributed by atoms with Crippen LogP contribution in [0.3, 0.4) is 0 Å². The molecule has 2 amide bonds. The van der Waals surface area contributed by atoms with Gasteiger partial charge in [0.25, 0.3) is 11.5 Å². The number of likely N-dealkylation sites (tertiary alicyclic amines) is 2. The fourth-order valence-corrected chi connectivity index (χ4v) is 5.47. The average Bonchev–Trinajstić information content (AvgIpc) is 3.45. The van der Waals surface area contributed by atoms with Gasteiger partial charge in [0.15, 0.2) is 0 Å². The molecule has 0 aromatic carbocycles. The van der Waals surface area contributed by atoms with Crippen LogP contribution in [-0.4, -0.2) is 63.6 Å². The van der Waals surface area contributed by atoms with Gasteiger partial charge in [-0.2, -0.15) is 0 Å². The SMILES string of the molecule is O=C(c1ccoc1)N1C[C@H]2C[C@@H](C1)[C@H](C(=O)N1CCC[C@H]1CO)n1c2cccc1=O.